The van der Waals surface area contributed by atoms with Crippen LogP contribution in [0, 0.1) is 5.92 Å². The van der Waals surface area contributed by atoms with Gasteiger partial charge in [-0.3, -0.25) is 9.69 Å². The van der Waals surface area contributed by atoms with Crippen molar-refractivity contribution in [3.8, 4) is 5.75 Å². The van der Waals surface area contributed by atoms with Crippen LogP contribution in [0.15, 0.2) is 24.3 Å². The van der Waals surface area contributed by atoms with E-state index in [0.717, 1.165) is 24.8 Å². The van der Waals surface area contributed by atoms with Gasteiger partial charge in [0.15, 0.2) is 0 Å². The smallest absolute Gasteiger partial charge is 0.237 e. The highest BCUT2D eigenvalue weighted by Gasteiger charge is 2.35. The molecule has 0 N–H and O–H groups in total. The number of hydrogen-bond acceptors (Lipinski definition) is 3. The van der Waals surface area contributed by atoms with Crippen molar-refractivity contribution >= 4 is 5.91 Å². The SMILES string of the molecule is COc1cccc(CN(C)CC(=O)N2CCCC3CCCCC32)c1. The maximum absolute atomic E-state index is 12.8. The molecule has 132 valence electrons. The topological polar surface area (TPSA) is 32.8 Å². The Bertz CT molecular complexity index is 558. The molecule has 1 aliphatic carbocycles. The zero-order chi connectivity index (χ0) is 16.9. The summed E-state index contributed by atoms with van der Waals surface area (Å²) in [6.07, 6.45) is 7.63. The first-order chi connectivity index (χ1) is 11.7. The summed E-state index contributed by atoms with van der Waals surface area (Å²) >= 11 is 0. The van der Waals surface area contributed by atoms with E-state index in [9.17, 15) is 4.79 Å². The van der Waals surface area contributed by atoms with E-state index in [1.165, 1.54) is 44.1 Å². The van der Waals surface area contributed by atoms with Crippen LogP contribution in [0.25, 0.3) is 0 Å². The summed E-state index contributed by atoms with van der Waals surface area (Å²) in [6, 6.07) is 8.58. The van der Waals surface area contributed by atoms with E-state index in [1.54, 1.807) is 7.11 Å². The van der Waals surface area contributed by atoms with Gasteiger partial charge in [0.05, 0.1) is 13.7 Å². The molecule has 2 fully saturated rings. The molecular formula is C20H30N2O2. The number of ether oxygens (including phenoxy) is 1. The molecule has 1 amide bonds. The molecule has 1 saturated heterocycles. The van der Waals surface area contributed by atoms with E-state index in [-0.39, 0.29) is 0 Å². The maximum atomic E-state index is 12.8. The van der Waals surface area contributed by atoms with Crippen LogP contribution in [0.1, 0.15) is 44.1 Å². The Hall–Kier alpha value is -1.55. The van der Waals surface area contributed by atoms with Gasteiger partial charge in [-0.1, -0.05) is 25.0 Å². The predicted octanol–water partition coefficient (Wildman–Crippen LogP) is 3.31. The van der Waals surface area contributed by atoms with Gasteiger partial charge in [0.2, 0.25) is 5.91 Å². The highest BCUT2D eigenvalue weighted by molar-refractivity contribution is 5.78. The van der Waals surface area contributed by atoms with Gasteiger partial charge in [0.25, 0.3) is 0 Å². The number of methoxy groups -OCH3 is 1. The molecule has 1 heterocycles. The molecule has 3 rings (SSSR count). The molecule has 1 aliphatic heterocycles. The third kappa shape index (κ3) is 4.10. The molecule has 0 aromatic heterocycles. The predicted molar refractivity (Wildman–Crippen MR) is 96.0 cm³/mol. The van der Waals surface area contributed by atoms with Crippen molar-refractivity contribution in [3.63, 3.8) is 0 Å². The second-order valence-corrected chi connectivity index (χ2v) is 7.37. The van der Waals surface area contributed by atoms with E-state index in [0.29, 0.717) is 18.5 Å². The van der Waals surface area contributed by atoms with E-state index >= 15 is 0 Å². The number of piperidine rings is 1. The monoisotopic (exact) mass is 330 g/mol. The summed E-state index contributed by atoms with van der Waals surface area (Å²) in [6.45, 7) is 2.22. The molecule has 2 atom stereocenters. The van der Waals surface area contributed by atoms with Gasteiger partial charge in [0.1, 0.15) is 5.75 Å². The molecule has 2 aliphatic rings. The molecule has 0 bridgehead atoms. The Morgan fingerprint density at radius 2 is 2.04 bits per heavy atom. The Labute approximate surface area is 145 Å². The molecule has 24 heavy (non-hydrogen) atoms. The lowest BCUT2D eigenvalue weighted by Gasteiger charge is -2.44. The molecular weight excluding hydrogens is 300 g/mol. The molecule has 4 heteroatoms. The summed E-state index contributed by atoms with van der Waals surface area (Å²) in [5, 5.41) is 0. The summed E-state index contributed by atoms with van der Waals surface area (Å²) < 4.78 is 5.28. The van der Waals surface area contributed by atoms with Crippen molar-refractivity contribution in [1.82, 2.24) is 9.80 Å². The van der Waals surface area contributed by atoms with Crippen molar-refractivity contribution in [3.05, 3.63) is 29.8 Å². The Morgan fingerprint density at radius 1 is 1.25 bits per heavy atom. The zero-order valence-electron chi connectivity index (χ0n) is 15.0. The van der Waals surface area contributed by atoms with Crippen LogP contribution in [-0.4, -0.2) is 49.0 Å². The number of carbonyl (C=O) groups excluding carboxylic acids is 1. The number of benzene rings is 1. The summed E-state index contributed by atoms with van der Waals surface area (Å²) in [4.78, 5) is 17.1. The zero-order valence-corrected chi connectivity index (χ0v) is 15.0. The van der Waals surface area contributed by atoms with Gasteiger partial charge >= 0.3 is 0 Å². The van der Waals surface area contributed by atoms with Gasteiger partial charge < -0.3 is 9.64 Å². The Balaban J connectivity index is 1.57. The standard InChI is InChI=1S/C20H30N2O2/c1-21(14-16-7-5-10-18(13-16)24-2)15-20(23)22-12-6-9-17-8-3-4-11-19(17)22/h5,7,10,13,17,19H,3-4,6,8-9,11-12,14-15H2,1-2H3. The molecule has 1 saturated carbocycles. The lowest BCUT2D eigenvalue weighted by molar-refractivity contribution is -0.138. The normalized spacial score (nSPS) is 23.9. The highest BCUT2D eigenvalue weighted by Crippen LogP contribution is 2.35. The minimum atomic E-state index is 0.303. The summed E-state index contributed by atoms with van der Waals surface area (Å²) in [5.74, 6) is 1.92. The number of likely N-dealkylation sites (N-methyl/N-ethyl adjacent to an activating group) is 1. The fraction of sp³-hybridized carbons (Fsp3) is 0.650. The van der Waals surface area contributed by atoms with Crippen molar-refractivity contribution < 1.29 is 9.53 Å². The Kier molecular flexibility index (Phi) is 5.77. The number of hydrogen-bond donors (Lipinski definition) is 0. The van der Waals surface area contributed by atoms with Crippen LogP contribution in [0.3, 0.4) is 0 Å². The van der Waals surface area contributed by atoms with Gasteiger partial charge in [-0.2, -0.15) is 0 Å². The number of amides is 1. The van der Waals surface area contributed by atoms with Crippen LogP contribution in [0.4, 0.5) is 0 Å². The summed E-state index contributed by atoms with van der Waals surface area (Å²) in [7, 11) is 3.71. The first kappa shape index (κ1) is 17.3. The molecule has 0 spiro atoms. The van der Waals surface area contributed by atoms with Crippen molar-refractivity contribution in [2.75, 3.05) is 27.2 Å². The molecule has 4 nitrogen and oxygen atoms in total. The van der Waals surface area contributed by atoms with E-state index in [2.05, 4.69) is 15.9 Å². The number of rotatable bonds is 5. The minimum Gasteiger partial charge on any atom is -0.497 e. The van der Waals surface area contributed by atoms with Gasteiger partial charge in [-0.25, -0.2) is 0 Å². The lowest BCUT2D eigenvalue weighted by Crippen LogP contribution is -2.52. The number of carbonyl (C=O) groups is 1. The van der Waals surface area contributed by atoms with Crippen LogP contribution >= 0.6 is 0 Å². The minimum absolute atomic E-state index is 0.303. The third-order valence-electron chi connectivity index (χ3n) is 5.56. The van der Waals surface area contributed by atoms with Crippen LogP contribution in [0.2, 0.25) is 0 Å². The lowest BCUT2D eigenvalue weighted by atomic mass is 9.78. The third-order valence-corrected chi connectivity index (χ3v) is 5.56. The summed E-state index contributed by atoms with van der Waals surface area (Å²) in [5.41, 5.74) is 1.18. The second-order valence-electron chi connectivity index (χ2n) is 7.37. The van der Waals surface area contributed by atoms with E-state index in [1.807, 2.05) is 25.2 Å². The fourth-order valence-corrected chi connectivity index (χ4v) is 4.39. The average Bonchev–Trinajstić information content (AvgIpc) is 2.61. The van der Waals surface area contributed by atoms with E-state index < -0.39 is 0 Å². The van der Waals surface area contributed by atoms with Crippen molar-refractivity contribution in [2.24, 2.45) is 5.92 Å². The quantitative estimate of drug-likeness (QED) is 0.830. The van der Waals surface area contributed by atoms with Crippen LogP contribution in [-0.2, 0) is 11.3 Å². The number of likely N-dealkylation sites (tertiary alicyclic amines) is 1. The van der Waals surface area contributed by atoms with Gasteiger partial charge in [-0.15, -0.1) is 0 Å². The van der Waals surface area contributed by atoms with Crippen LogP contribution < -0.4 is 4.74 Å². The first-order valence-corrected chi connectivity index (χ1v) is 9.28. The van der Waals surface area contributed by atoms with Crippen molar-refractivity contribution in [2.45, 2.75) is 51.1 Å². The molecule has 1 aromatic rings. The van der Waals surface area contributed by atoms with Gasteiger partial charge in [-0.05, 0) is 56.3 Å². The largest absolute Gasteiger partial charge is 0.497 e. The van der Waals surface area contributed by atoms with E-state index in [4.69, 9.17) is 4.74 Å². The second kappa shape index (κ2) is 8.02. The molecule has 2 unspecified atom stereocenters. The highest BCUT2D eigenvalue weighted by atomic mass is 16.5. The molecule has 1 aromatic carbocycles. The average molecular weight is 330 g/mol. The maximum Gasteiger partial charge on any atom is 0.237 e. The molecule has 0 radical (unpaired) electrons. The van der Waals surface area contributed by atoms with Crippen molar-refractivity contribution in [1.29, 1.82) is 0 Å². The fourth-order valence-electron chi connectivity index (χ4n) is 4.39. The van der Waals surface area contributed by atoms with Gasteiger partial charge in [0, 0.05) is 19.1 Å². The first-order valence-electron chi connectivity index (χ1n) is 9.28. The van der Waals surface area contributed by atoms with Crippen LogP contribution in [0.5, 0.6) is 5.75 Å². The number of fused-ring (bicyclic) bond motifs is 1. The Morgan fingerprint density at radius 3 is 2.88 bits per heavy atom. The number of nitrogens with zero attached hydrogens (tertiary/aromatic N) is 2.